The average molecular weight is 370 g/mol. The minimum atomic E-state index is -4.32. The van der Waals surface area contributed by atoms with Gasteiger partial charge in [-0.05, 0) is 37.6 Å². The molecule has 1 atom stereocenters. The van der Waals surface area contributed by atoms with Gasteiger partial charge in [-0.3, -0.25) is 14.6 Å². The van der Waals surface area contributed by atoms with Crippen molar-refractivity contribution >= 4 is 11.6 Å². The minimum absolute atomic E-state index is 0.292. The van der Waals surface area contributed by atoms with Crippen LogP contribution in [0.5, 0.6) is 0 Å². The van der Waals surface area contributed by atoms with E-state index in [1.807, 2.05) is 4.90 Å². The van der Waals surface area contributed by atoms with Crippen molar-refractivity contribution in [2.45, 2.75) is 25.1 Å². The molecule has 2 heterocycles. The zero-order valence-electron chi connectivity index (χ0n) is 14.7. The lowest BCUT2D eigenvalue weighted by Crippen LogP contribution is -2.55. The Labute approximate surface area is 151 Å². The molecule has 0 radical (unpaired) electrons. The number of amides is 1. The number of hydrogen-bond acceptors (Lipinski definition) is 4. The molecule has 2 aliphatic heterocycles. The van der Waals surface area contributed by atoms with Gasteiger partial charge in [0, 0.05) is 44.5 Å². The maximum Gasteiger partial charge on any atom is 0.416 e. The molecule has 0 spiro atoms. The Bertz CT molecular complexity index is 629. The molecule has 1 unspecified atom stereocenters. The van der Waals surface area contributed by atoms with Crippen LogP contribution in [-0.2, 0) is 11.0 Å². The average Bonchev–Trinajstić information content (AvgIpc) is 2.61. The number of piperazine rings is 1. The number of likely N-dealkylation sites (tertiary alicyclic amines) is 1. The summed E-state index contributed by atoms with van der Waals surface area (Å²) in [4.78, 5) is 17.6. The second kappa shape index (κ2) is 7.84. The third-order valence-electron chi connectivity index (χ3n) is 5.23. The standard InChI is InChI=1S/C18H25F3N4O/c19-18(20,21)14-3-1-4-15(11-14)24-7-9-25(10-8-24)16-5-2-6-23(12-16)13-17(22)26/h1,3-4,11,16H,2,5-10,12-13H2,(H2,22,26). The lowest BCUT2D eigenvalue weighted by molar-refractivity contribution is -0.137. The van der Waals surface area contributed by atoms with Crippen molar-refractivity contribution in [1.82, 2.24) is 9.80 Å². The summed E-state index contributed by atoms with van der Waals surface area (Å²) in [6.07, 6.45) is -2.20. The van der Waals surface area contributed by atoms with Crippen molar-refractivity contribution in [3.8, 4) is 0 Å². The second-order valence-electron chi connectivity index (χ2n) is 7.07. The number of primary amides is 1. The normalized spacial score (nSPS) is 23.2. The lowest BCUT2D eigenvalue weighted by Gasteiger charge is -2.43. The van der Waals surface area contributed by atoms with Crippen LogP contribution in [0.2, 0.25) is 0 Å². The summed E-state index contributed by atoms with van der Waals surface area (Å²) in [7, 11) is 0. The van der Waals surface area contributed by atoms with E-state index >= 15 is 0 Å². The summed E-state index contributed by atoms with van der Waals surface area (Å²) in [5.74, 6) is -0.306. The largest absolute Gasteiger partial charge is 0.416 e. The fourth-order valence-corrected chi connectivity index (χ4v) is 3.92. The highest BCUT2D eigenvalue weighted by atomic mass is 19.4. The van der Waals surface area contributed by atoms with Gasteiger partial charge in [-0.15, -0.1) is 0 Å². The van der Waals surface area contributed by atoms with Crippen LogP contribution < -0.4 is 10.6 Å². The zero-order valence-corrected chi connectivity index (χ0v) is 14.7. The summed E-state index contributed by atoms with van der Waals surface area (Å²) in [6.45, 7) is 5.04. The monoisotopic (exact) mass is 370 g/mol. The maximum absolute atomic E-state index is 12.9. The van der Waals surface area contributed by atoms with Crippen LogP contribution in [0, 0.1) is 0 Å². The van der Waals surface area contributed by atoms with Crippen LogP contribution in [0.3, 0.4) is 0 Å². The highest BCUT2D eigenvalue weighted by Crippen LogP contribution is 2.32. The Hall–Kier alpha value is -1.80. The molecule has 0 saturated carbocycles. The van der Waals surface area contributed by atoms with E-state index in [4.69, 9.17) is 5.73 Å². The fourth-order valence-electron chi connectivity index (χ4n) is 3.92. The molecule has 2 saturated heterocycles. The molecule has 2 N–H and O–H groups in total. The molecular formula is C18H25F3N4O. The first-order chi connectivity index (χ1) is 12.3. The van der Waals surface area contributed by atoms with E-state index < -0.39 is 11.7 Å². The number of alkyl halides is 3. The van der Waals surface area contributed by atoms with Gasteiger partial charge in [0.1, 0.15) is 0 Å². The molecule has 0 aromatic heterocycles. The van der Waals surface area contributed by atoms with Crippen molar-refractivity contribution in [3.63, 3.8) is 0 Å². The first kappa shape index (κ1) is 19.0. The van der Waals surface area contributed by atoms with E-state index in [9.17, 15) is 18.0 Å². The molecule has 2 fully saturated rings. The maximum atomic E-state index is 12.9. The van der Waals surface area contributed by atoms with E-state index in [1.54, 1.807) is 6.07 Å². The van der Waals surface area contributed by atoms with Gasteiger partial charge in [-0.2, -0.15) is 13.2 Å². The van der Waals surface area contributed by atoms with Gasteiger partial charge in [0.05, 0.1) is 12.1 Å². The van der Waals surface area contributed by atoms with Crippen LogP contribution in [-0.4, -0.2) is 67.6 Å². The Morgan fingerprint density at radius 3 is 2.54 bits per heavy atom. The number of nitrogens with zero attached hydrogens (tertiary/aromatic N) is 3. The van der Waals surface area contributed by atoms with Gasteiger partial charge in [0.15, 0.2) is 0 Å². The number of hydrogen-bond donors (Lipinski definition) is 1. The summed E-state index contributed by atoms with van der Waals surface area (Å²) >= 11 is 0. The van der Waals surface area contributed by atoms with E-state index in [0.29, 0.717) is 31.4 Å². The number of piperidine rings is 1. The van der Waals surface area contributed by atoms with Crippen LogP contribution in [0.25, 0.3) is 0 Å². The molecule has 1 amide bonds. The number of benzene rings is 1. The molecule has 1 aromatic rings. The number of halogens is 3. The first-order valence-electron chi connectivity index (χ1n) is 9.00. The lowest BCUT2D eigenvalue weighted by atomic mass is 10.0. The summed E-state index contributed by atoms with van der Waals surface area (Å²) in [5, 5.41) is 0. The Balaban J connectivity index is 1.57. The Morgan fingerprint density at radius 1 is 1.15 bits per heavy atom. The van der Waals surface area contributed by atoms with E-state index in [2.05, 4.69) is 9.80 Å². The molecule has 8 heteroatoms. The molecule has 3 rings (SSSR count). The molecule has 1 aromatic carbocycles. The second-order valence-corrected chi connectivity index (χ2v) is 7.07. The topological polar surface area (TPSA) is 52.8 Å². The third-order valence-corrected chi connectivity index (χ3v) is 5.23. The Kier molecular flexibility index (Phi) is 5.72. The van der Waals surface area contributed by atoms with Crippen LogP contribution in [0.4, 0.5) is 18.9 Å². The number of anilines is 1. The van der Waals surface area contributed by atoms with E-state index in [0.717, 1.165) is 45.1 Å². The fraction of sp³-hybridized carbons (Fsp3) is 0.611. The van der Waals surface area contributed by atoms with Gasteiger partial charge in [0.2, 0.25) is 5.91 Å². The van der Waals surface area contributed by atoms with Crippen molar-refractivity contribution in [2.24, 2.45) is 5.73 Å². The summed E-state index contributed by atoms with van der Waals surface area (Å²) in [5.41, 5.74) is 5.31. The van der Waals surface area contributed by atoms with Crippen LogP contribution in [0.1, 0.15) is 18.4 Å². The quantitative estimate of drug-likeness (QED) is 0.878. The highest BCUT2D eigenvalue weighted by molar-refractivity contribution is 5.75. The van der Waals surface area contributed by atoms with E-state index in [-0.39, 0.29) is 5.91 Å². The van der Waals surface area contributed by atoms with Crippen molar-refractivity contribution in [2.75, 3.05) is 50.7 Å². The van der Waals surface area contributed by atoms with Crippen LogP contribution in [0.15, 0.2) is 24.3 Å². The van der Waals surface area contributed by atoms with Crippen LogP contribution >= 0.6 is 0 Å². The molecule has 5 nitrogen and oxygen atoms in total. The van der Waals surface area contributed by atoms with Crippen molar-refractivity contribution < 1.29 is 18.0 Å². The number of carbonyl (C=O) groups is 1. The molecular weight excluding hydrogens is 345 g/mol. The van der Waals surface area contributed by atoms with Gasteiger partial charge < -0.3 is 10.6 Å². The predicted molar refractivity (Wildman–Crippen MR) is 93.9 cm³/mol. The summed E-state index contributed by atoms with van der Waals surface area (Å²) in [6, 6.07) is 5.92. The van der Waals surface area contributed by atoms with Crippen molar-refractivity contribution in [3.05, 3.63) is 29.8 Å². The summed E-state index contributed by atoms with van der Waals surface area (Å²) < 4.78 is 38.7. The van der Waals surface area contributed by atoms with Gasteiger partial charge in [-0.1, -0.05) is 6.07 Å². The molecule has 2 aliphatic rings. The first-order valence-corrected chi connectivity index (χ1v) is 9.00. The third kappa shape index (κ3) is 4.67. The van der Waals surface area contributed by atoms with E-state index in [1.165, 1.54) is 12.1 Å². The predicted octanol–water partition coefficient (Wildman–Crippen LogP) is 1.78. The SMILES string of the molecule is NC(=O)CN1CCCC(N2CCN(c3cccc(C(F)(F)F)c3)CC2)C1. The molecule has 0 aliphatic carbocycles. The minimum Gasteiger partial charge on any atom is -0.369 e. The van der Waals surface area contributed by atoms with Gasteiger partial charge in [-0.25, -0.2) is 0 Å². The highest BCUT2D eigenvalue weighted by Gasteiger charge is 2.32. The molecule has 0 bridgehead atoms. The number of rotatable bonds is 4. The number of carbonyl (C=O) groups excluding carboxylic acids is 1. The van der Waals surface area contributed by atoms with Gasteiger partial charge in [0.25, 0.3) is 0 Å². The smallest absolute Gasteiger partial charge is 0.369 e. The Morgan fingerprint density at radius 2 is 1.88 bits per heavy atom. The zero-order chi connectivity index (χ0) is 18.7. The number of nitrogens with two attached hydrogens (primary N) is 1. The van der Waals surface area contributed by atoms with Crippen molar-refractivity contribution in [1.29, 1.82) is 0 Å². The van der Waals surface area contributed by atoms with Gasteiger partial charge >= 0.3 is 6.18 Å². The molecule has 144 valence electrons. The molecule has 26 heavy (non-hydrogen) atoms.